The molecule has 0 aromatic heterocycles. The average Bonchev–Trinajstić information content (AvgIpc) is 2.61. The SMILES string of the molecule is Oc1ccccc1.c1cc2ccc3cccc4ccc(c1)c2c34. The number of phenols is 1. The molecule has 0 radical (unpaired) electrons. The number of aromatic hydroxyl groups is 1. The monoisotopic (exact) mass is 296 g/mol. The fraction of sp³-hybridized carbons (Fsp3) is 0. The molecule has 0 heterocycles. The van der Waals surface area contributed by atoms with Gasteiger partial charge in [0.25, 0.3) is 0 Å². The van der Waals surface area contributed by atoms with Crippen LogP contribution in [0, 0.1) is 0 Å². The van der Waals surface area contributed by atoms with Gasteiger partial charge in [-0.3, -0.25) is 0 Å². The summed E-state index contributed by atoms with van der Waals surface area (Å²) >= 11 is 0. The van der Waals surface area contributed by atoms with Crippen molar-refractivity contribution in [3.63, 3.8) is 0 Å². The van der Waals surface area contributed by atoms with Crippen LogP contribution in [0.5, 0.6) is 5.75 Å². The average molecular weight is 296 g/mol. The van der Waals surface area contributed by atoms with Gasteiger partial charge in [0.2, 0.25) is 0 Å². The molecule has 5 aromatic carbocycles. The quantitative estimate of drug-likeness (QED) is 0.349. The van der Waals surface area contributed by atoms with Crippen molar-refractivity contribution in [2.75, 3.05) is 0 Å². The van der Waals surface area contributed by atoms with Crippen LogP contribution in [0.4, 0.5) is 0 Å². The van der Waals surface area contributed by atoms with E-state index < -0.39 is 0 Å². The number of phenolic OH excluding ortho intramolecular Hbond substituents is 1. The lowest BCUT2D eigenvalue weighted by Gasteiger charge is -2.09. The summed E-state index contributed by atoms with van der Waals surface area (Å²) in [4.78, 5) is 0. The van der Waals surface area contributed by atoms with Crippen LogP contribution in [0.2, 0.25) is 0 Å². The van der Waals surface area contributed by atoms with Crippen LogP contribution in [-0.2, 0) is 0 Å². The third kappa shape index (κ3) is 2.47. The fourth-order valence-electron chi connectivity index (χ4n) is 3.10. The standard InChI is InChI=1S/C16H10.C6H6O/c1-3-11-7-9-13-5-2-6-14-10-8-12(4-1)15(11)16(13)14;7-6-4-2-1-3-5-6/h1-10H;1-5,7H. The molecular weight excluding hydrogens is 280 g/mol. The Balaban J connectivity index is 0.000000164. The normalized spacial score (nSPS) is 10.8. The first-order chi connectivity index (χ1) is 11.3. The molecule has 5 rings (SSSR count). The van der Waals surface area contributed by atoms with Gasteiger partial charge < -0.3 is 5.11 Å². The second-order valence-electron chi connectivity index (χ2n) is 5.63. The van der Waals surface area contributed by atoms with Crippen LogP contribution in [0.25, 0.3) is 32.3 Å². The Bertz CT molecular complexity index is 935. The summed E-state index contributed by atoms with van der Waals surface area (Å²) in [6.07, 6.45) is 0. The summed E-state index contributed by atoms with van der Waals surface area (Å²) in [5, 5.41) is 16.8. The maximum absolute atomic E-state index is 8.63. The van der Waals surface area contributed by atoms with Gasteiger partial charge in [0.05, 0.1) is 0 Å². The highest BCUT2D eigenvalue weighted by Crippen LogP contribution is 2.33. The van der Waals surface area contributed by atoms with Gasteiger partial charge in [-0.25, -0.2) is 0 Å². The number of hydrogen-bond donors (Lipinski definition) is 1. The number of rotatable bonds is 0. The Kier molecular flexibility index (Phi) is 3.32. The van der Waals surface area contributed by atoms with E-state index in [4.69, 9.17) is 5.11 Å². The zero-order chi connectivity index (χ0) is 15.6. The molecule has 0 atom stereocenters. The molecule has 0 aliphatic carbocycles. The molecule has 0 fully saturated rings. The van der Waals surface area contributed by atoms with Gasteiger partial charge in [0.1, 0.15) is 5.75 Å². The molecule has 0 aliphatic heterocycles. The van der Waals surface area contributed by atoms with Gasteiger partial charge in [-0.05, 0) is 44.5 Å². The fourth-order valence-corrected chi connectivity index (χ4v) is 3.10. The second kappa shape index (κ2) is 5.62. The van der Waals surface area contributed by atoms with Crippen molar-refractivity contribution in [2.45, 2.75) is 0 Å². The zero-order valence-electron chi connectivity index (χ0n) is 12.6. The van der Waals surface area contributed by atoms with Gasteiger partial charge in [-0.2, -0.15) is 0 Å². The van der Waals surface area contributed by atoms with E-state index in [1.807, 2.05) is 6.07 Å². The molecule has 0 spiro atoms. The summed E-state index contributed by atoms with van der Waals surface area (Å²) in [6.45, 7) is 0. The summed E-state index contributed by atoms with van der Waals surface area (Å²) in [7, 11) is 0. The molecule has 0 aliphatic rings. The van der Waals surface area contributed by atoms with Crippen LogP contribution >= 0.6 is 0 Å². The van der Waals surface area contributed by atoms with Gasteiger partial charge >= 0.3 is 0 Å². The molecule has 110 valence electrons. The van der Waals surface area contributed by atoms with E-state index in [1.54, 1.807) is 24.3 Å². The smallest absolute Gasteiger partial charge is 0.115 e. The maximum atomic E-state index is 8.63. The molecule has 0 saturated heterocycles. The van der Waals surface area contributed by atoms with Gasteiger partial charge in [-0.15, -0.1) is 0 Å². The third-order valence-corrected chi connectivity index (χ3v) is 4.15. The topological polar surface area (TPSA) is 20.2 Å². The van der Waals surface area contributed by atoms with E-state index in [0.29, 0.717) is 5.75 Å². The largest absolute Gasteiger partial charge is 0.508 e. The van der Waals surface area contributed by atoms with E-state index in [0.717, 1.165) is 0 Å². The molecule has 1 nitrogen and oxygen atoms in total. The van der Waals surface area contributed by atoms with Crippen LogP contribution in [0.15, 0.2) is 91.0 Å². The molecule has 0 saturated carbocycles. The Morgan fingerprint density at radius 1 is 0.391 bits per heavy atom. The van der Waals surface area contributed by atoms with Crippen molar-refractivity contribution < 1.29 is 5.11 Å². The molecule has 23 heavy (non-hydrogen) atoms. The van der Waals surface area contributed by atoms with Crippen LogP contribution < -0.4 is 0 Å². The van der Waals surface area contributed by atoms with Crippen molar-refractivity contribution in [3.05, 3.63) is 91.0 Å². The highest BCUT2D eigenvalue weighted by Gasteiger charge is 2.05. The summed E-state index contributed by atoms with van der Waals surface area (Å²) < 4.78 is 0. The van der Waals surface area contributed by atoms with E-state index in [-0.39, 0.29) is 0 Å². The number of hydrogen-bond acceptors (Lipinski definition) is 1. The van der Waals surface area contributed by atoms with Crippen LogP contribution in [0.3, 0.4) is 0 Å². The molecule has 0 unspecified atom stereocenters. The lowest BCUT2D eigenvalue weighted by Crippen LogP contribution is -1.82. The molecule has 0 amide bonds. The predicted molar refractivity (Wildman–Crippen MR) is 98.3 cm³/mol. The molecular formula is C22H16O. The first kappa shape index (κ1) is 13.6. The minimum Gasteiger partial charge on any atom is -0.508 e. The third-order valence-electron chi connectivity index (χ3n) is 4.15. The van der Waals surface area contributed by atoms with E-state index in [1.165, 1.54) is 32.3 Å². The van der Waals surface area contributed by atoms with Crippen molar-refractivity contribution in [2.24, 2.45) is 0 Å². The first-order valence-electron chi connectivity index (χ1n) is 7.69. The highest BCUT2D eigenvalue weighted by molar-refractivity contribution is 6.22. The Hall–Kier alpha value is -3.06. The van der Waals surface area contributed by atoms with E-state index in [2.05, 4.69) is 60.7 Å². The molecule has 5 aromatic rings. The minimum atomic E-state index is 0.322. The number of benzene rings is 5. The van der Waals surface area contributed by atoms with Gasteiger partial charge in [0.15, 0.2) is 0 Å². The zero-order valence-corrected chi connectivity index (χ0v) is 12.6. The summed E-state index contributed by atoms with van der Waals surface area (Å²) in [6, 6.07) is 30.6. The van der Waals surface area contributed by atoms with Crippen molar-refractivity contribution in [1.29, 1.82) is 0 Å². The summed E-state index contributed by atoms with van der Waals surface area (Å²) in [5.74, 6) is 0.322. The lowest BCUT2D eigenvalue weighted by molar-refractivity contribution is 0.475. The number of para-hydroxylation sites is 1. The maximum Gasteiger partial charge on any atom is 0.115 e. The van der Waals surface area contributed by atoms with Gasteiger partial charge in [0, 0.05) is 0 Å². The van der Waals surface area contributed by atoms with Crippen molar-refractivity contribution >= 4 is 32.3 Å². The minimum absolute atomic E-state index is 0.322. The lowest BCUT2D eigenvalue weighted by atomic mass is 9.95. The predicted octanol–water partition coefficient (Wildman–Crippen LogP) is 5.98. The van der Waals surface area contributed by atoms with Crippen LogP contribution in [-0.4, -0.2) is 5.11 Å². The first-order valence-corrected chi connectivity index (χ1v) is 7.69. The Labute approximate surface area is 134 Å². The van der Waals surface area contributed by atoms with Crippen LogP contribution in [0.1, 0.15) is 0 Å². The molecule has 0 bridgehead atoms. The highest BCUT2D eigenvalue weighted by atomic mass is 16.3. The Morgan fingerprint density at radius 2 is 0.783 bits per heavy atom. The Morgan fingerprint density at radius 3 is 1.09 bits per heavy atom. The molecule has 1 heteroatoms. The molecule has 1 N–H and O–H groups in total. The van der Waals surface area contributed by atoms with Crippen molar-refractivity contribution in [1.82, 2.24) is 0 Å². The second-order valence-corrected chi connectivity index (χ2v) is 5.63. The van der Waals surface area contributed by atoms with Gasteiger partial charge in [-0.1, -0.05) is 78.9 Å². The summed E-state index contributed by atoms with van der Waals surface area (Å²) in [5.41, 5.74) is 0. The van der Waals surface area contributed by atoms with Crippen molar-refractivity contribution in [3.8, 4) is 5.75 Å². The van der Waals surface area contributed by atoms with E-state index in [9.17, 15) is 0 Å². The van der Waals surface area contributed by atoms with E-state index >= 15 is 0 Å².